The monoisotopic (exact) mass is 1740 g/mol. The van der Waals surface area contributed by atoms with E-state index < -0.39 is 173 Å². The lowest BCUT2D eigenvalue weighted by Gasteiger charge is -2.24. The molecule has 0 aromatic carbocycles. The summed E-state index contributed by atoms with van der Waals surface area (Å²) in [5, 5.41) is 68.3. The lowest BCUT2D eigenvalue weighted by atomic mass is 10.1. The normalized spacial score (nSPS) is 29.9. The molecule has 115 heavy (non-hydrogen) atoms. The molecule has 13 rings (SSSR count). The van der Waals surface area contributed by atoms with Crippen molar-refractivity contribution in [1.82, 2.24) is 38.2 Å². The van der Waals surface area contributed by atoms with Gasteiger partial charge in [-0.15, -0.1) is 0 Å². The molecule has 0 radical (unpaired) electrons. The summed E-state index contributed by atoms with van der Waals surface area (Å²) in [6, 6.07) is 4.68. The third-order valence-electron chi connectivity index (χ3n) is 19.2. The summed E-state index contributed by atoms with van der Waals surface area (Å²) in [6.45, 7) is 9.86. The van der Waals surface area contributed by atoms with Crippen LogP contribution in [-0.2, 0) is 71.2 Å². The number of aromatic amines is 4. The molecule has 646 valence electrons. The number of unbranched alkanes of at least 4 members (excludes halogenated alkanes) is 3. The largest absolute Gasteiger partial charge is 0.481 e. The Kier molecular flexibility index (Phi) is 37.4. The number of aliphatic hydroxyl groups excluding tert-OH is 6. The van der Waals surface area contributed by atoms with Gasteiger partial charge >= 0.3 is 40.7 Å². The second-order valence-electron chi connectivity index (χ2n) is 29.1. The summed E-state index contributed by atoms with van der Waals surface area (Å²) < 4.78 is 70.4. The van der Waals surface area contributed by atoms with E-state index in [2.05, 4.69) is 15.0 Å². The van der Waals surface area contributed by atoms with Crippen molar-refractivity contribution in [3.05, 3.63) is 132 Å². The van der Waals surface area contributed by atoms with Crippen molar-refractivity contribution in [1.29, 1.82) is 0 Å². The number of aliphatic hydroxyl groups is 6. The van der Waals surface area contributed by atoms with Crippen molar-refractivity contribution in [2.75, 3.05) is 57.9 Å². The van der Waals surface area contributed by atoms with Gasteiger partial charge in [0.1, 0.15) is 86.5 Å². The number of nitrogens with one attached hydrogen (secondary N) is 4. The first-order valence-corrected chi connectivity index (χ1v) is 44.8. The minimum absolute atomic E-state index is 0.0170. The number of carbonyl (C=O) groups excluding carboxylic acids is 2. The molecule has 0 aliphatic carbocycles. The molecule has 44 heteroatoms. The minimum atomic E-state index is -1.39. The molecule has 4 aromatic rings. The highest BCUT2D eigenvalue weighted by atomic mass is 33.1. The van der Waals surface area contributed by atoms with Crippen LogP contribution in [0.25, 0.3) is 0 Å². The molecule has 0 spiro atoms. The van der Waals surface area contributed by atoms with Crippen molar-refractivity contribution in [3.63, 3.8) is 0 Å². The molecule has 11 N–H and O–H groups in total. The van der Waals surface area contributed by atoms with E-state index in [0.717, 1.165) is 84.1 Å². The van der Waals surface area contributed by atoms with Crippen LogP contribution in [-0.4, -0.2) is 256 Å². The van der Waals surface area contributed by atoms with Crippen molar-refractivity contribution in [2.24, 2.45) is 0 Å². The first kappa shape index (κ1) is 95.1. The molecule has 9 fully saturated rings. The topological polar surface area (TPSA) is 523 Å². The van der Waals surface area contributed by atoms with E-state index in [4.69, 9.17) is 67.1 Å². The Bertz CT molecular complexity index is 4230. The van der Waals surface area contributed by atoms with Gasteiger partial charge in [0.05, 0.1) is 13.2 Å². The van der Waals surface area contributed by atoms with Crippen molar-refractivity contribution < 1.29 is 107 Å². The average molecular weight is 1740 g/mol. The molecule has 0 bridgehead atoms. The molecule has 19 atom stereocenters. The summed E-state index contributed by atoms with van der Waals surface area (Å²) in [5.74, 6) is 0.282. The number of aliphatic carboxylic acids is 1. The van der Waals surface area contributed by atoms with E-state index in [9.17, 15) is 78.3 Å². The third kappa shape index (κ3) is 28.4. The number of rotatable bonds is 27. The Hall–Kier alpha value is -5.41. The van der Waals surface area contributed by atoms with Crippen LogP contribution in [0.3, 0.4) is 0 Å². The van der Waals surface area contributed by atoms with Crippen molar-refractivity contribution in [3.8, 4) is 0 Å². The highest BCUT2D eigenvalue weighted by Crippen LogP contribution is 2.46. The number of carboxylic acids is 1. The Morgan fingerprint density at radius 2 is 0.765 bits per heavy atom. The van der Waals surface area contributed by atoms with Gasteiger partial charge in [-0.3, -0.25) is 71.8 Å². The summed E-state index contributed by atoms with van der Waals surface area (Å²) >= 11 is 0. The van der Waals surface area contributed by atoms with Gasteiger partial charge in [-0.2, -0.15) is 0 Å². The van der Waals surface area contributed by atoms with E-state index in [-0.39, 0.29) is 31.8 Å². The number of hydrogen-bond donors (Lipinski definition) is 11. The zero-order valence-corrected chi connectivity index (χ0v) is 69.8. The SMILES string of the molecule is CC1(C)O[C@@H]2[C@H](O1)[C@@H](CO)O[C@H]2n1ccc(=O)[nH]c1=O.CC1(C)O[C@@H]2[C@H](O1)[C@@H](COC(=O)CCCCC1CCSS1)O[C@H]2n1ccc(=O)[nH]c1=O.COC(C)(C)OC.O=C(CCCCC1CCSS1)OC[C@H]1O[C@@H](n2ccc(=O)[nH]c2=O)[C@H](O)[C@@H]1O.O=C(O)CCCCC1CCSS1.O=c1ccn([C@@H]2O[C@H](CO)[C@@H](O)[C@H]2O)c(=O)[nH]1. The number of ether oxygens (including phenoxy) is 12. The lowest BCUT2D eigenvalue weighted by molar-refractivity contribution is -0.203. The van der Waals surface area contributed by atoms with Crippen LogP contribution in [0, 0.1) is 0 Å². The highest BCUT2D eigenvalue weighted by molar-refractivity contribution is 8.78. The van der Waals surface area contributed by atoms with E-state index in [1.807, 2.05) is 83.6 Å². The van der Waals surface area contributed by atoms with Gasteiger partial charge in [0.2, 0.25) is 0 Å². The van der Waals surface area contributed by atoms with Crippen molar-refractivity contribution >= 4 is 82.7 Å². The van der Waals surface area contributed by atoms with Gasteiger partial charge in [0.15, 0.2) is 42.3 Å². The Balaban J connectivity index is 0.000000181. The zero-order chi connectivity index (χ0) is 83.9. The molecule has 9 saturated heterocycles. The number of fused-ring (bicyclic) bond motifs is 2. The van der Waals surface area contributed by atoms with Crippen LogP contribution in [0.15, 0.2) is 87.4 Å². The fourth-order valence-corrected chi connectivity index (χ4v) is 22.0. The number of nitrogens with zero attached hydrogens (tertiary/aromatic N) is 4. The number of esters is 2. The standard InChI is InChI=1S/C20H28N2O7S2.C17H24N2O7S2.C12H16N2O6.C9H12N2O6.C8H14O2S2.C5H12O2/c1-20(2)28-16-13(11-26-15(24)6-4-3-5-12-8-10-30-31-12)27-18(17(16)29-20)22-9-7-14(23)21-19(22)25;20-12-5-7-19(17(24)18-12)16-15(23)14(22)11(26-16)9-25-13(21)4-2-1-3-10-6-8-27-28-10;1-12(2)19-8-6(5-15)18-10(9(8)20-12)14-4-3-7(16)13-11(14)17;12-3-4-6(14)7(15)8(17-4)11-2-1-5(13)10-9(11)16;9-8(10)4-2-1-3-7-5-6-11-12-7;1-5(2,6-3)7-4/h7,9,12-13,16-18H,3-6,8,10-11H2,1-2H3,(H,21,23,25);5,7,10-11,14-16,22-23H,1-4,6,8-9H2,(H,18,20,24);3-4,6,8-10,15H,5H2,1-2H3,(H,13,16,17);1-2,4,6-8,12,14-15H,3H2,(H,10,13,16);7H,1-6H2,(H,9,10);1-4H3/t12?,13-,16-,17-,18-;10?,11-,14-,15-,16-;6-,8-,9-,10-;4-,6-,7-,8-;;/m1111../s1. The molecular formula is C71H106N8O30S6. The minimum Gasteiger partial charge on any atom is -0.481 e. The first-order chi connectivity index (χ1) is 54.6. The molecule has 9 aliphatic rings. The van der Waals surface area contributed by atoms with Gasteiger partial charge in [-0.05, 0) is 99.3 Å². The predicted molar refractivity (Wildman–Crippen MR) is 425 cm³/mol. The fourth-order valence-electron chi connectivity index (χ4n) is 13.0. The Morgan fingerprint density at radius 3 is 1.09 bits per heavy atom. The summed E-state index contributed by atoms with van der Waals surface area (Å²) in [5.41, 5.74) is -4.83. The van der Waals surface area contributed by atoms with Crippen molar-refractivity contribution in [2.45, 2.75) is 269 Å². The van der Waals surface area contributed by atoms with E-state index in [1.165, 1.54) is 82.8 Å². The molecular weight excluding hydrogens is 1640 g/mol. The summed E-state index contributed by atoms with van der Waals surface area (Å²) in [6.07, 6.45) is 4.36. The highest BCUT2D eigenvalue weighted by Gasteiger charge is 2.58. The van der Waals surface area contributed by atoms with Gasteiger partial charge in [0.25, 0.3) is 22.2 Å². The number of hydrogen-bond acceptors (Lipinski definition) is 35. The van der Waals surface area contributed by atoms with Crippen LogP contribution >= 0.6 is 64.8 Å². The molecule has 4 aromatic heterocycles. The van der Waals surface area contributed by atoms with Crippen LogP contribution in [0.4, 0.5) is 0 Å². The van der Waals surface area contributed by atoms with Gasteiger partial charge < -0.3 is 92.6 Å². The predicted octanol–water partition coefficient (Wildman–Crippen LogP) is 2.52. The zero-order valence-electron chi connectivity index (χ0n) is 64.9. The van der Waals surface area contributed by atoms with Gasteiger partial charge in [-0.1, -0.05) is 84.0 Å². The number of carboxylic acid groups (broad SMARTS) is 1. The fraction of sp³-hybridized carbons (Fsp3) is 0.732. The van der Waals surface area contributed by atoms with Gasteiger partial charge in [-0.25, -0.2) is 19.2 Å². The summed E-state index contributed by atoms with van der Waals surface area (Å²) in [4.78, 5) is 135. The van der Waals surface area contributed by atoms with E-state index in [1.54, 1.807) is 41.9 Å². The number of methoxy groups -OCH3 is 2. The van der Waals surface area contributed by atoms with E-state index in [0.29, 0.717) is 29.8 Å². The van der Waals surface area contributed by atoms with E-state index >= 15 is 0 Å². The van der Waals surface area contributed by atoms with Crippen LogP contribution in [0.2, 0.25) is 0 Å². The second-order valence-corrected chi connectivity index (χ2v) is 37.4. The molecule has 13 heterocycles. The molecule has 0 amide bonds. The summed E-state index contributed by atoms with van der Waals surface area (Å²) in [7, 11) is 14.8. The number of aromatic nitrogens is 8. The number of carbonyl (C=O) groups is 3. The maximum absolute atomic E-state index is 12.2. The maximum atomic E-state index is 12.2. The third-order valence-corrected chi connectivity index (χ3v) is 28.3. The quantitative estimate of drug-likeness (QED) is 0.0177. The second kappa shape index (κ2) is 45.3. The number of H-pyrrole nitrogens is 4. The Morgan fingerprint density at radius 1 is 0.452 bits per heavy atom. The Labute approximate surface area is 683 Å². The first-order valence-electron chi connectivity index (χ1n) is 37.7. The molecule has 3 unspecified atom stereocenters. The van der Waals surface area contributed by atoms with Gasteiger partial charge in [0, 0.05) is 116 Å². The smallest absolute Gasteiger partial charge is 0.330 e. The molecule has 9 aliphatic heterocycles. The maximum Gasteiger partial charge on any atom is 0.330 e. The average Bonchev–Trinajstić information content (AvgIpc) is 1.60. The van der Waals surface area contributed by atoms with Crippen LogP contribution in [0.5, 0.6) is 0 Å². The molecule has 38 nitrogen and oxygen atoms in total. The molecule has 0 saturated carbocycles. The van der Waals surface area contributed by atoms with Crippen LogP contribution in [0.1, 0.15) is 163 Å². The lowest BCUT2D eigenvalue weighted by Crippen LogP contribution is -2.37. The van der Waals surface area contributed by atoms with Crippen LogP contribution < -0.4 is 45.0 Å².